The van der Waals surface area contributed by atoms with Gasteiger partial charge < -0.3 is 0 Å². The molecule has 0 aliphatic rings. The van der Waals surface area contributed by atoms with Gasteiger partial charge in [-0.05, 0) is 154 Å². The molecule has 0 aromatic heterocycles. The fourth-order valence-corrected chi connectivity index (χ4v) is 9.90. The third-order valence-corrected chi connectivity index (χ3v) is 12.9. The second-order valence-corrected chi connectivity index (χ2v) is 19.9. The van der Waals surface area contributed by atoms with Crippen molar-refractivity contribution in [2.24, 2.45) is 0 Å². The summed E-state index contributed by atoms with van der Waals surface area (Å²) in [4.78, 5) is 0. The Balaban J connectivity index is 2.16. The highest BCUT2D eigenvalue weighted by Gasteiger charge is 2.33. The van der Waals surface area contributed by atoms with Crippen LogP contribution in [-0.4, -0.2) is 0 Å². The number of hydrogen-bond acceptors (Lipinski definition) is 0. The van der Waals surface area contributed by atoms with Crippen LogP contribution in [0.25, 0.3) is 55.6 Å². The van der Waals surface area contributed by atoms with Crippen molar-refractivity contribution in [3.05, 3.63) is 154 Å². The molecule has 0 bridgehead atoms. The predicted octanol–water partition coefficient (Wildman–Crippen LogP) is 19.0. The van der Waals surface area contributed by atoms with Crippen LogP contribution in [0.3, 0.4) is 0 Å². The molecule has 0 saturated heterocycles. The van der Waals surface area contributed by atoms with Gasteiger partial charge >= 0.3 is 0 Å². The van der Waals surface area contributed by atoms with Gasteiger partial charge in [0.2, 0.25) is 0 Å². The highest BCUT2D eigenvalue weighted by molar-refractivity contribution is 6.10. The molecule has 0 spiro atoms. The van der Waals surface area contributed by atoms with Crippen LogP contribution in [-0.2, 0) is 0 Å². The van der Waals surface area contributed by atoms with Crippen molar-refractivity contribution in [2.45, 2.75) is 158 Å². The molecule has 6 aromatic carbocycles. The van der Waals surface area contributed by atoms with E-state index in [9.17, 15) is 0 Å². The Morgan fingerprint density at radius 2 is 0.467 bits per heavy atom. The zero-order valence-electron chi connectivity index (χ0n) is 40.0. The minimum absolute atomic E-state index is 0.315. The first-order valence-corrected chi connectivity index (χ1v) is 23.3. The summed E-state index contributed by atoms with van der Waals surface area (Å²) in [7, 11) is 0. The van der Waals surface area contributed by atoms with Crippen LogP contribution in [0.5, 0.6) is 0 Å². The van der Waals surface area contributed by atoms with Gasteiger partial charge in [0.15, 0.2) is 0 Å². The molecule has 0 N–H and O–H groups in total. The minimum atomic E-state index is 0.315. The molecule has 0 atom stereocenters. The summed E-state index contributed by atoms with van der Waals surface area (Å²) < 4.78 is 0. The van der Waals surface area contributed by atoms with Gasteiger partial charge in [0.1, 0.15) is 0 Å². The van der Waals surface area contributed by atoms with Crippen LogP contribution in [0, 0.1) is 0 Å². The van der Waals surface area contributed by atoms with Crippen LogP contribution in [0.4, 0.5) is 0 Å². The highest BCUT2D eigenvalue weighted by Crippen LogP contribution is 2.57. The molecule has 0 heterocycles. The molecule has 0 heteroatoms. The van der Waals surface area contributed by atoms with E-state index in [2.05, 4.69) is 220 Å². The Kier molecular flexibility index (Phi) is 13.8. The maximum absolute atomic E-state index is 2.69. The largest absolute Gasteiger partial charge is 0.0622 e. The van der Waals surface area contributed by atoms with E-state index in [0.717, 1.165) is 0 Å². The fraction of sp³-hybridized carbons (Fsp3) is 0.400. The Morgan fingerprint density at radius 1 is 0.217 bits per heavy atom. The average molecular weight is 795 g/mol. The molecule has 0 aliphatic carbocycles. The molecular weight excluding hydrogens is 721 g/mol. The van der Waals surface area contributed by atoms with Gasteiger partial charge in [0.05, 0.1) is 0 Å². The monoisotopic (exact) mass is 795 g/mol. The van der Waals surface area contributed by atoms with E-state index in [1.165, 1.54) is 100 Å². The Morgan fingerprint density at radius 3 is 0.750 bits per heavy atom. The van der Waals surface area contributed by atoms with Crippen LogP contribution >= 0.6 is 0 Å². The number of benzene rings is 6. The summed E-state index contributed by atoms with van der Waals surface area (Å²) >= 11 is 0. The maximum Gasteiger partial charge on any atom is -0.000836 e. The topological polar surface area (TPSA) is 0 Å². The van der Waals surface area contributed by atoms with Gasteiger partial charge in [-0.1, -0.05) is 214 Å². The Hall–Kier alpha value is -4.68. The van der Waals surface area contributed by atoms with Crippen LogP contribution in [0.15, 0.2) is 109 Å². The molecule has 6 rings (SSSR count). The summed E-state index contributed by atoms with van der Waals surface area (Å²) in [5.41, 5.74) is 25.1. The Bertz CT molecular complexity index is 2320. The molecule has 0 fully saturated rings. The summed E-state index contributed by atoms with van der Waals surface area (Å²) in [6.45, 7) is 38.2. The maximum atomic E-state index is 2.69. The summed E-state index contributed by atoms with van der Waals surface area (Å²) in [5, 5.41) is 0. The summed E-state index contributed by atoms with van der Waals surface area (Å²) in [6.07, 6.45) is 0. The van der Waals surface area contributed by atoms with E-state index >= 15 is 0 Å². The molecule has 0 aliphatic heterocycles. The Labute approximate surface area is 365 Å². The molecule has 314 valence electrons. The lowest BCUT2D eigenvalue weighted by atomic mass is 9.70. The summed E-state index contributed by atoms with van der Waals surface area (Å²) in [6, 6.07) is 42.7. The predicted molar refractivity (Wildman–Crippen MR) is 266 cm³/mol. The van der Waals surface area contributed by atoms with Crippen molar-refractivity contribution < 1.29 is 0 Å². The van der Waals surface area contributed by atoms with Crippen molar-refractivity contribution in [2.75, 3.05) is 0 Å². The fourth-order valence-electron chi connectivity index (χ4n) is 9.90. The van der Waals surface area contributed by atoms with Gasteiger partial charge in [0, 0.05) is 0 Å². The number of hydrogen-bond donors (Lipinski definition) is 0. The molecule has 0 radical (unpaired) electrons. The lowest BCUT2D eigenvalue weighted by Crippen LogP contribution is -2.10. The van der Waals surface area contributed by atoms with Crippen LogP contribution in [0.2, 0.25) is 0 Å². The van der Waals surface area contributed by atoms with Crippen LogP contribution in [0.1, 0.15) is 203 Å². The van der Waals surface area contributed by atoms with Gasteiger partial charge in [-0.3, -0.25) is 0 Å². The summed E-state index contributed by atoms with van der Waals surface area (Å²) in [5.74, 6) is 2.62. The van der Waals surface area contributed by atoms with Crippen LogP contribution < -0.4 is 0 Å². The van der Waals surface area contributed by atoms with Crippen molar-refractivity contribution in [3.63, 3.8) is 0 Å². The second kappa shape index (κ2) is 18.5. The first kappa shape index (κ1) is 44.9. The average Bonchev–Trinajstić information content (AvgIpc) is 3.21. The molecule has 6 aromatic rings. The normalized spacial score (nSPS) is 12.2. The standard InChI is InChI=1S/C60H74/c1-35(2)44-26-20-27-45(36(3)4)55(44)52-34-53(56-46(37(5)6)28-21-29-47(56)38(7)8)59(57-48(39(9)10)30-22-31-49(57)40(11)12)60(54(52)43-24-18-17-19-25-43)58-50(41(13)14)32-23-33-51(58)42(15)16/h17-42H,1-16H3. The van der Waals surface area contributed by atoms with Crippen molar-refractivity contribution in [1.82, 2.24) is 0 Å². The lowest BCUT2D eigenvalue weighted by molar-refractivity contribution is 0.833. The highest BCUT2D eigenvalue weighted by atomic mass is 14.4. The van der Waals surface area contributed by atoms with E-state index < -0.39 is 0 Å². The van der Waals surface area contributed by atoms with E-state index in [0.29, 0.717) is 47.3 Å². The van der Waals surface area contributed by atoms with Gasteiger partial charge in [-0.15, -0.1) is 0 Å². The van der Waals surface area contributed by atoms with Crippen molar-refractivity contribution >= 4 is 0 Å². The minimum Gasteiger partial charge on any atom is -0.0622 e. The van der Waals surface area contributed by atoms with E-state index in [1.807, 2.05) is 0 Å². The molecular formula is C60H74. The zero-order valence-corrected chi connectivity index (χ0v) is 40.0. The van der Waals surface area contributed by atoms with E-state index in [4.69, 9.17) is 0 Å². The molecule has 60 heavy (non-hydrogen) atoms. The van der Waals surface area contributed by atoms with Crippen molar-refractivity contribution in [1.29, 1.82) is 0 Å². The van der Waals surface area contributed by atoms with Gasteiger partial charge in [0.25, 0.3) is 0 Å². The van der Waals surface area contributed by atoms with E-state index in [1.54, 1.807) is 0 Å². The quantitative estimate of drug-likeness (QED) is 0.109. The molecule has 0 nitrogen and oxygen atoms in total. The molecule has 0 amide bonds. The third-order valence-electron chi connectivity index (χ3n) is 12.9. The van der Waals surface area contributed by atoms with Gasteiger partial charge in [-0.2, -0.15) is 0 Å². The second-order valence-electron chi connectivity index (χ2n) is 19.9. The van der Waals surface area contributed by atoms with E-state index in [-0.39, 0.29) is 0 Å². The SMILES string of the molecule is CC(C)c1cccc(C(C)C)c1-c1cc(-c2c(C(C)C)cccc2C(C)C)c(-c2c(C(C)C)cccc2C(C)C)c(-c2c(C(C)C)cccc2C(C)C)c1-c1ccccc1. The molecule has 0 saturated carbocycles. The first-order chi connectivity index (χ1) is 28.5. The van der Waals surface area contributed by atoms with Gasteiger partial charge in [-0.25, -0.2) is 0 Å². The zero-order chi connectivity index (χ0) is 43.7. The first-order valence-electron chi connectivity index (χ1n) is 23.3. The molecule has 0 unspecified atom stereocenters. The van der Waals surface area contributed by atoms with Crippen molar-refractivity contribution in [3.8, 4) is 55.6 Å². The smallest absolute Gasteiger partial charge is 0.000836 e. The lowest BCUT2D eigenvalue weighted by Gasteiger charge is -2.33. The third kappa shape index (κ3) is 8.46. The number of rotatable bonds is 13.